The van der Waals surface area contributed by atoms with Gasteiger partial charge >= 0.3 is 5.97 Å². The van der Waals surface area contributed by atoms with E-state index in [4.69, 9.17) is 14.2 Å². The Labute approximate surface area is 167 Å². The van der Waals surface area contributed by atoms with Gasteiger partial charge in [0.2, 0.25) is 6.29 Å². The molecule has 0 fully saturated rings. The molecule has 1 atom stereocenters. The molecule has 1 aliphatic rings. The zero-order valence-electron chi connectivity index (χ0n) is 15.7. The van der Waals surface area contributed by atoms with Crippen molar-refractivity contribution in [1.82, 2.24) is 0 Å². The summed E-state index contributed by atoms with van der Waals surface area (Å²) >= 11 is 0. The number of hydrogen-bond acceptors (Lipinski definition) is 5. The lowest BCUT2D eigenvalue weighted by Gasteiger charge is -2.28. The number of para-hydroxylation sites is 1. The fourth-order valence-electron chi connectivity index (χ4n) is 3.20. The van der Waals surface area contributed by atoms with Crippen molar-refractivity contribution < 1.29 is 28.5 Å². The molecule has 1 unspecified atom stereocenters. The molecule has 1 heterocycles. The lowest BCUT2D eigenvalue weighted by atomic mass is 10.1. The lowest BCUT2D eigenvalue weighted by Crippen LogP contribution is -2.20. The van der Waals surface area contributed by atoms with Gasteiger partial charge in [-0.25, -0.2) is 9.18 Å². The second-order valence-electron chi connectivity index (χ2n) is 6.77. The largest absolute Gasteiger partial charge is 0.507 e. The molecule has 5 nitrogen and oxygen atoms in total. The minimum Gasteiger partial charge on any atom is -0.507 e. The van der Waals surface area contributed by atoms with Crippen LogP contribution in [0.15, 0.2) is 60.7 Å². The molecule has 0 bridgehead atoms. The maximum Gasteiger partial charge on any atom is 0.342 e. The molecule has 0 radical (unpaired) electrons. The third-order valence-electron chi connectivity index (χ3n) is 4.71. The van der Waals surface area contributed by atoms with Crippen LogP contribution in [-0.2, 0) is 22.7 Å². The Morgan fingerprint density at radius 1 is 1.17 bits per heavy atom. The molecule has 148 valence electrons. The fourth-order valence-corrected chi connectivity index (χ4v) is 3.20. The SMILES string of the molecule is Cc1cccc(C(=O)OCc2cc(F)cc3c2OC(c2ccccc2)OC3)c1O. The van der Waals surface area contributed by atoms with Crippen LogP contribution in [0.25, 0.3) is 0 Å². The van der Waals surface area contributed by atoms with Crippen molar-refractivity contribution in [2.24, 2.45) is 0 Å². The number of rotatable bonds is 4. The highest BCUT2D eigenvalue weighted by Crippen LogP contribution is 2.37. The van der Waals surface area contributed by atoms with Crippen LogP contribution in [0.1, 0.15) is 38.9 Å². The number of benzene rings is 3. The monoisotopic (exact) mass is 394 g/mol. The number of ether oxygens (including phenoxy) is 3. The van der Waals surface area contributed by atoms with E-state index in [2.05, 4.69) is 0 Å². The maximum absolute atomic E-state index is 14.0. The Balaban J connectivity index is 1.56. The van der Waals surface area contributed by atoms with Gasteiger partial charge in [-0.2, -0.15) is 0 Å². The first-order valence-corrected chi connectivity index (χ1v) is 9.13. The average molecular weight is 394 g/mol. The molecule has 4 rings (SSSR count). The van der Waals surface area contributed by atoms with Crippen molar-refractivity contribution in [3.63, 3.8) is 0 Å². The minimum atomic E-state index is -0.698. The first-order chi connectivity index (χ1) is 14.0. The van der Waals surface area contributed by atoms with Crippen LogP contribution < -0.4 is 4.74 Å². The predicted octanol–water partition coefficient (Wildman–Crippen LogP) is 4.80. The van der Waals surface area contributed by atoms with Gasteiger partial charge in [0.05, 0.1) is 6.61 Å². The van der Waals surface area contributed by atoms with E-state index in [1.54, 1.807) is 19.1 Å². The normalized spacial score (nSPS) is 15.3. The van der Waals surface area contributed by atoms with Crippen molar-refractivity contribution in [3.8, 4) is 11.5 Å². The molecule has 0 amide bonds. The summed E-state index contributed by atoms with van der Waals surface area (Å²) in [6.45, 7) is 1.66. The molecule has 1 N–H and O–H groups in total. The van der Waals surface area contributed by atoms with Gasteiger partial charge in [-0.15, -0.1) is 0 Å². The van der Waals surface area contributed by atoms with Crippen LogP contribution >= 0.6 is 0 Å². The van der Waals surface area contributed by atoms with E-state index in [1.165, 1.54) is 18.2 Å². The Kier molecular flexibility index (Phi) is 5.18. The number of fused-ring (bicyclic) bond motifs is 1. The summed E-state index contributed by atoms with van der Waals surface area (Å²) in [5.74, 6) is -0.866. The van der Waals surface area contributed by atoms with Gasteiger partial charge in [0, 0.05) is 16.7 Å². The van der Waals surface area contributed by atoms with E-state index in [-0.39, 0.29) is 24.5 Å². The standard InChI is InChI=1S/C23H19FO5/c1-14-6-5-9-19(20(14)25)22(26)27-12-16-10-18(24)11-17-13-28-23(29-21(16)17)15-7-3-2-4-8-15/h2-11,23,25H,12-13H2,1H3. The Hall–Kier alpha value is -3.38. The molecule has 0 saturated heterocycles. The van der Waals surface area contributed by atoms with Crippen molar-refractivity contribution in [3.05, 3.63) is 94.3 Å². The first-order valence-electron chi connectivity index (χ1n) is 9.13. The quantitative estimate of drug-likeness (QED) is 0.644. The van der Waals surface area contributed by atoms with Gasteiger partial charge in [-0.1, -0.05) is 42.5 Å². The number of carbonyl (C=O) groups is 1. The highest BCUT2D eigenvalue weighted by Gasteiger charge is 2.26. The van der Waals surface area contributed by atoms with Crippen molar-refractivity contribution in [1.29, 1.82) is 0 Å². The van der Waals surface area contributed by atoms with E-state index >= 15 is 0 Å². The molecule has 0 saturated carbocycles. The highest BCUT2D eigenvalue weighted by atomic mass is 19.1. The number of esters is 1. The topological polar surface area (TPSA) is 65.0 Å². The predicted molar refractivity (Wildman–Crippen MR) is 103 cm³/mol. The number of hydrogen-bond donors (Lipinski definition) is 1. The minimum absolute atomic E-state index is 0.0571. The van der Waals surface area contributed by atoms with E-state index < -0.39 is 18.1 Å². The van der Waals surface area contributed by atoms with Crippen LogP contribution in [-0.4, -0.2) is 11.1 Å². The van der Waals surface area contributed by atoms with E-state index in [1.807, 2.05) is 30.3 Å². The van der Waals surface area contributed by atoms with E-state index in [9.17, 15) is 14.3 Å². The number of aromatic hydroxyl groups is 1. The highest BCUT2D eigenvalue weighted by molar-refractivity contribution is 5.92. The Morgan fingerprint density at radius 2 is 1.97 bits per heavy atom. The number of halogens is 1. The zero-order chi connectivity index (χ0) is 20.4. The third kappa shape index (κ3) is 3.93. The molecule has 6 heteroatoms. The van der Waals surface area contributed by atoms with Gasteiger partial charge in [0.15, 0.2) is 0 Å². The summed E-state index contributed by atoms with van der Waals surface area (Å²) in [6.07, 6.45) is -0.635. The van der Waals surface area contributed by atoms with Crippen molar-refractivity contribution in [2.45, 2.75) is 26.4 Å². The number of carbonyl (C=O) groups excluding carboxylic acids is 1. The van der Waals surface area contributed by atoms with E-state index in [0.717, 1.165) is 5.56 Å². The molecular weight excluding hydrogens is 375 g/mol. The molecule has 29 heavy (non-hydrogen) atoms. The fraction of sp³-hybridized carbons (Fsp3) is 0.174. The molecule has 1 aliphatic heterocycles. The second kappa shape index (κ2) is 7.93. The Morgan fingerprint density at radius 3 is 2.76 bits per heavy atom. The van der Waals surface area contributed by atoms with E-state index in [0.29, 0.717) is 22.4 Å². The molecular formula is C23H19FO5. The van der Waals surface area contributed by atoms with Gasteiger partial charge in [0.1, 0.15) is 29.5 Å². The maximum atomic E-state index is 14.0. The smallest absolute Gasteiger partial charge is 0.342 e. The number of phenols is 1. The van der Waals surface area contributed by atoms with Gasteiger partial charge < -0.3 is 19.3 Å². The van der Waals surface area contributed by atoms with Crippen LogP contribution in [0, 0.1) is 12.7 Å². The second-order valence-corrected chi connectivity index (χ2v) is 6.77. The summed E-state index contributed by atoms with van der Waals surface area (Å²) in [7, 11) is 0. The van der Waals surface area contributed by atoms with Gasteiger partial charge in [-0.05, 0) is 30.7 Å². The summed E-state index contributed by atoms with van der Waals surface area (Å²) in [5.41, 5.74) is 2.39. The molecule has 0 spiro atoms. The average Bonchev–Trinajstić information content (AvgIpc) is 2.74. The molecule has 3 aromatic carbocycles. The summed E-state index contributed by atoms with van der Waals surface area (Å²) < 4.78 is 31.0. The summed E-state index contributed by atoms with van der Waals surface area (Å²) in [6, 6.07) is 16.8. The molecule has 3 aromatic rings. The van der Waals surface area contributed by atoms with Crippen LogP contribution in [0.4, 0.5) is 4.39 Å². The van der Waals surface area contributed by atoms with Crippen LogP contribution in [0.3, 0.4) is 0 Å². The Bertz CT molecular complexity index is 1050. The number of phenolic OH excluding ortho intramolecular Hbond substituents is 1. The number of aryl methyl sites for hydroxylation is 1. The lowest BCUT2D eigenvalue weighted by molar-refractivity contribution is -0.112. The first kappa shape index (κ1) is 19.0. The van der Waals surface area contributed by atoms with Crippen molar-refractivity contribution >= 4 is 5.97 Å². The van der Waals surface area contributed by atoms with Gasteiger partial charge in [0.25, 0.3) is 0 Å². The third-order valence-corrected chi connectivity index (χ3v) is 4.71. The van der Waals surface area contributed by atoms with Crippen LogP contribution in [0.2, 0.25) is 0 Å². The molecule has 0 aliphatic carbocycles. The summed E-state index contributed by atoms with van der Waals surface area (Å²) in [5, 5.41) is 10.1. The zero-order valence-corrected chi connectivity index (χ0v) is 15.7. The van der Waals surface area contributed by atoms with Crippen LogP contribution in [0.5, 0.6) is 11.5 Å². The molecule has 0 aromatic heterocycles. The van der Waals surface area contributed by atoms with Crippen molar-refractivity contribution in [2.75, 3.05) is 0 Å². The van der Waals surface area contributed by atoms with Gasteiger partial charge in [-0.3, -0.25) is 0 Å². The summed E-state index contributed by atoms with van der Waals surface area (Å²) in [4.78, 5) is 12.4.